The Balaban J connectivity index is 1.90. The number of aryl methyl sites for hydroxylation is 1. The fourth-order valence-corrected chi connectivity index (χ4v) is 2.45. The van der Waals surface area contributed by atoms with Gasteiger partial charge in [0, 0.05) is 25.0 Å². The highest BCUT2D eigenvalue weighted by molar-refractivity contribution is 5.55. The molecule has 0 fully saturated rings. The first-order chi connectivity index (χ1) is 8.74. The lowest BCUT2D eigenvalue weighted by molar-refractivity contribution is 0.722. The van der Waals surface area contributed by atoms with E-state index < -0.39 is 0 Å². The molecular formula is C15H17N3. The zero-order valence-corrected chi connectivity index (χ0v) is 10.6. The molecule has 2 N–H and O–H groups in total. The lowest BCUT2D eigenvalue weighted by atomic mass is 9.98. The molecule has 3 heteroatoms. The van der Waals surface area contributed by atoms with Gasteiger partial charge in [0.15, 0.2) is 0 Å². The number of benzene rings is 1. The van der Waals surface area contributed by atoms with Crippen LogP contribution < -0.4 is 10.6 Å². The van der Waals surface area contributed by atoms with Crippen LogP contribution in [-0.4, -0.2) is 11.5 Å². The van der Waals surface area contributed by atoms with E-state index in [-0.39, 0.29) is 0 Å². The number of nitrogens with two attached hydrogens (primary N) is 1. The number of pyridine rings is 1. The summed E-state index contributed by atoms with van der Waals surface area (Å²) in [6.45, 7) is 3.92. The molecule has 2 heterocycles. The summed E-state index contributed by atoms with van der Waals surface area (Å²) >= 11 is 0. The van der Waals surface area contributed by atoms with Gasteiger partial charge in [0.1, 0.15) is 5.82 Å². The van der Waals surface area contributed by atoms with Crippen LogP contribution in [0.15, 0.2) is 36.5 Å². The standard InChI is InChI=1S/C15H17N3/c1-11-5-6-15(17-9-11)18-8-7-12-3-2-4-14(16)13(12)10-18/h2-6,9H,7-8,10,16H2,1H3. The minimum Gasteiger partial charge on any atom is -0.398 e. The number of nitrogens with zero attached hydrogens (tertiary/aromatic N) is 2. The number of hydrogen-bond donors (Lipinski definition) is 1. The van der Waals surface area contributed by atoms with Crippen LogP contribution in [0.3, 0.4) is 0 Å². The fourth-order valence-electron chi connectivity index (χ4n) is 2.45. The molecule has 1 aromatic carbocycles. The molecule has 18 heavy (non-hydrogen) atoms. The smallest absolute Gasteiger partial charge is 0.128 e. The van der Waals surface area contributed by atoms with Gasteiger partial charge in [-0.05, 0) is 42.2 Å². The summed E-state index contributed by atoms with van der Waals surface area (Å²) < 4.78 is 0. The Morgan fingerprint density at radius 1 is 1.22 bits per heavy atom. The molecule has 1 aliphatic heterocycles. The van der Waals surface area contributed by atoms with E-state index in [2.05, 4.69) is 35.0 Å². The van der Waals surface area contributed by atoms with E-state index in [1.165, 1.54) is 16.7 Å². The van der Waals surface area contributed by atoms with Gasteiger partial charge in [-0.3, -0.25) is 0 Å². The highest BCUT2D eigenvalue weighted by atomic mass is 15.2. The Hall–Kier alpha value is -2.03. The second-order valence-corrected chi connectivity index (χ2v) is 4.85. The summed E-state index contributed by atoms with van der Waals surface area (Å²) in [5.41, 5.74) is 10.8. The third-order valence-electron chi connectivity index (χ3n) is 3.53. The molecule has 3 nitrogen and oxygen atoms in total. The Kier molecular flexibility index (Phi) is 2.67. The van der Waals surface area contributed by atoms with Crippen molar-refractivity contribution >= 4 is 11.5 Å². The SMILES string of the molecule is Cc1ccc(N2CCc3cccc(N)c3C2)nc1. The third-order valence-corrected chi connectivity index (χ3v) is 3.53. The van der Waals surface area contributed by atoms with Crippen LogP contribution in [0.1, 0.15) is 16.7 Å². The fraction of sp³-hybridized carbons (Fsp3) is 0.267. The predicted octanol–water partition coefficient (Wildman–Crippen LogP) is 2.53. The van der Waals surface area contributed by atoms with Crippen molar-refractivity contribution in [3.63, 3.8) is 0 Å². The van der Waals surface area contributed by atoms with Crippen molar-refractivity contribution in [2.24, 2.45) is 0 Å². The normalized spacial score (nSPS) is 14.4. The van der Waals surface area contributed by atoms with E-state index >= 15 is 0 Å². The maximum atomic E-state index is 6.06. The van der Waals surface area contributed by atoms with E-state index in [0.29, 0.717) is 0 Å². The molecule has 0 atom stereocenters. The third kappa shape index (κ3) is 1.92. The van der Waals surface area contributed by atoms with Crippen molar-refractivity contribution in [2.45, 2.75) is 19.9 Å². The topological polar surface area (TPSA) is 42.1 Å². The Bertz CT molecular complexity index is 560. The molecule has 0 amide bonds. The minimum atomic E-state index is 0.859. The van der Waals surface area contributed by atoms with Gasteiger partial charge in [0.25, 0.3) is 0 Å². The average molecular weight is 239 g/mol. The van der Waals surface area contributed by atoms with Crippen LogP contribution in [0, 0.1) is 6.92 Å². The number of nitrogen functional groups attached to an aromatic ring is 1. The molecule has 0 unspecified atom stereocenters. The first-order valence-corrected chi connectivity index (χ1v) is 6.28. The van der Waals surface area contributed by atoms with Gasteiger partial charge in [-0.1, -0.05) is 18.2 Å². The maximum absolute atomic E-state index is 6.06. The molecule has 0 saturated carbocycles. The Morgan fingerprint density at radius 3 is 2.89 bits per heavy atom. The van der Waals surface area contributed by atoms with Crippen LogP contribution in [0.4, 0.5) is 11.5 Å². The molecule has 2 aromatic rings. The van der Waals surface area contributed by atoms with E-state index in [1.54, 1.807) is 0 Å². The molecule has 92 valence electrons. The average Bonchev–Trinajstić information content (AvgIpc) is 2.40. The molecule has 0 aliphatic carbocycles. The van der Waals surface area contributed by atoms with Crippen molar-refractivity contribution in [3.05, 3.63) is 53.2 Å². The number of fused-ring (bicyclic) bond motifs is 1. The van der Waals surface area contributed by atoms with E-state index in [4.69, 9.17) is 5.73 Å². The molecule has 0 bridgehead atoms. The molecule has 1 aromatic heterocycles. The summed E-state index contributed by atoms with van der Waals surface area (Å²) in [5.74, 6) is 1.04. The zero-order valence-electron chi connectivity index (χ0n) is 10.6. The van der Waals surface area contributed by atoms with Gasteiger partial charge in [0.05, 0.1) is 0 Å². The molecule has 3 rings (SSSR count). The van der Waals surface area contributed by atoms with Crippen LogP contribution in [0.5, 0.6) is 0 Å². The van der Waals surface area contributed by atoms with Crippen molar-refractivity contribution in [2.75, 3.05) is 17.2 Å². The lowest BCUT2D eigenvalue weighted by Gasteiger charge is -2.30. The van der Waals surface area contributed by atoms with Crippen LogP contribution in [0.25, 0.3) is 0 Å². The highest BCUT2D eigenvalue weighted by Gasteiger charge is 2.18. The zero-order chi connectivity index (χ0) is 12.5. The van der Waals surface area contributed by atoms with Crippen molar-refractivity contribution in [1.82, 2.24) is 4.98 Å². The van der Waals surface area contributed by atoms with Crippen molar-refractivity contribution in [3.8, 4) is 0 Å². The van der Waals surface area contributed by atoms with E-state index in [0.717, 1.165) is 31.0 Å². The molecule has 0 radical (unpaired) electrons. The first-order valence-electron chi connectivity index (χ1n) is 6.28. The van der Waals surface area contributed by atoms with Gasteiger partial charge >= 0.3 is 0 Å². The van der Waals surface area contributed by atoms with Crippen LogP contribution in [0.2, 0.25) is 0 Å². The summed E-state index contributed by atoms with van der Waals surface area (Å²) in [6, 6.07) is 10.4. The van der Waals surface area contributed by atoms with Crippen molar-refractivity contribution in [1.29, 1.82) is 0 Å². The summed E-state index contributed by atoms with van der Waals surface area (Å²) in [4.78, 5) is 6.78. The van der Waals surface area contributed by atoms with Gasteiger partial charge in [-0.2, -0.15) is 0 Å². The highest BCUT2D eigenvalue weighted by Crippen LogP contribution is 2.26. The summed E-state index contributed by atoms with van der Waals surface area (Å²) in [6.07, 6.45) is 2.95. The second-order valence-electron chi connectivity index (χ2n) is 4.85. The Morgan fingerprint density at radius 2 is 2.11 bits per heavy atom. The van der Waals surface area contributed by atoms with E-state index in [1.807, 2.05) is 18.3 Å². The van der Waals surface area contributed by atoms with E-state index in [9.17, 15) is 0 Å². The predicted molar refractivity (Wildman–Crippen MR) is 74.6 cm³/mol. The molecule has 0 saturated heterocycles. The first kappa shape index (κ1) is 11.1. The number of rotatable bonds is 1. The molecule has 0 spiro atoms. The maximum Gasteiger partial charge on any atom is 0.128 e. The van der Waals surface area contributed by atoms with Gasteiger partial charge in [-0.15, -0.1) is 0 Å². The lowest BCUT2D eigenvalue weighted by Crippen LogP contribution is -2.31. The molecule has 1 aliphatic rings. The second kappa shape index (κ2) is 4.33. The van der Waals surface area contributed by atoms with Gasteiger partial charge < -0.3 is 10.6 Å². The van der Waals surface area contributed by atoms with Gasteiger partial charge in [0.2, 0.25) is 0 Å². The summed E-state index contributed by atoms with van der Waals surface area (Å²) in [7, 11) is 0. The Labute approximate surface area is 107 Å². The van der Waals surface area contributed by atoms with Crippen LogP contribution >= 0.6 is 0 Å². The van der Waals surface area contributed by atoms with Crippen molar-refractivity contribution < 1.29 is 0 Å². The largest absolute Gasteiger partial charge is 0.398 e. The summed E-state index contributed by atoms with van der Waals surface area (Å²) in [5, 5.41) is 0. The number of anilines is 2. The quantitative estimate of drug-likeness (QED) is 0.778. The monoisotopic (exact) mass is 239 g/mol. The van der Waals surface area contributed by atoms with Crippen LogP contribution in [-0.2, 0) is 13.0 Å². The van der Waals surface area contributed by atoms with Gasteiger partial charge in [-0.25, -0.2) is 4.98 Å². The number of aromatic nitrogens is 1. The molecular weight excluding hydrogens is 222 g/mol. The minimum absolute atomic E-state index is 0.859. The number of hydrogen-bond acceptors (Lipinski definition) is 3.